The zero-order valence-corrected chi connectivity index (χ0v) is 13.7. The van der Waals surface area contributed by atoms with Gasteiger partial charge in [0.15, 0.2) is 0 Å². The second-order valence-corrected chi connectivity index (χ2v) is 6.88. The molecule has 0 spiro atoms. The lowest BCUT2D eigenvalue weighted by molar-refractivity contribution is -0.124. The molecule has 1 aromatic heterocycles. The van der Waals surface area contributed by atoms with Gasteiger partial charge in [0.1, 0.15) is 5.03 Å². The Hall–Kier alpha value is -0.780. The van der Waals surface area contributed by atoms with Crippen LogP contribution in [0.5, 0.6) is 0 Å². The number of carbonyl (C=O) groups is 1. The monoisotopic (exact) mass is 315 g/mol. The van der Waals surface area contributed by atoms with Gasteiger partial charge in [-0.25, -0.2) is 4.98 Å². The summed E-state index contributed by atoms with van der Waals surface area (Å²) in [6.45, 7) is 6.72. The molecule has 3 N–H and O–H groups in total. The van der Waals surface area contributed by atoms with E-state index in [1.807, 2.05) is 19.9 Å². The van der Waals surface area contributed by atoms with Crippen molar-refractivity contribution >= 4 is 29.3 Å². The van der Waals surface area contributed by atoms with Crippen LogP contribution >= 0.6 is 23.4 Å². The Balaban J connectivity index is 2.69. The maximum absolute atomic E-state index is 11.7. The quantitative estimate of drug-likeness (QED) is 0.724. The van der Waals surface area contributed by atoms with Gasteiger partial charge >= 0.3 is 0 Å². The molecule has 0 aliphatic heterocycles. The van der Waals surface area contributed by atoms with Gasteiger partial charge in [-0.2, -0.15) is 0 Å². The summed E-state index contributed by atoms with van der Waals surface area (Å²) in [4.78, 5) is 15.9. The topological polar surface area (TPSA) is 68.0 Å². The molecule has 0 radical (unpaired) electrons. The fourth-order valence-electron chi connectivity index (χ4n) is 1.93. The van der Waals surface area contributed by atoms with Gasteiger partial charge in [-0.3, -0.25) is 4.79 Å². The number of halogens is 1. The molecular weight excluding hydrogens is 294 g/mol. The molecule has 112 valence electrons. The van der Waals surface area contributed by atoms with Gasteiger partial charge in [0.2, 0.25) is 5.91 Å². The molecule has 0 aliphatic carbocycles. The maximum atomic E-state index is 11.7. The van der Waals surface area contributed by atoms with Crippen molar-refractivity contribution in [1.82, 2.24) is 10.3 Å². The largest absolute Gasteiger partial charge is 0.368 e. The Morgan fingerprint density at radius 2 is 2.35 bits per heavy atom. The smallest absolute Gasteiger partial charge is 0.237 e. The minimum atomic E-state index is -0.705. The van der Waals surface area contributed by atoms with Crippen molar-refractivity contribution in [1.29, 1.82) is 0 Å². The first-order valence-corrected chi connectivity index (χ1v) is 7.97. The molecule has 0 fully saturated rings. The third kappa shape index (κ3) is 4.96. The SMILES string of the molecule is CCCNC(C)(CC(C)Sc1ncccc1Cl)C(N)=O. The van der Waals surface area contributed by atoms with Crippen LogP contribution in [0.4, 0.5) is 0 Å². The van der Waals surface area contributed by atoms with Gasteiger partial charge < -0.3 is 11.1 Å². The molecule has 1 aromatic rings. The Labute approximate surface area is 129 Å². The predicted octanol–water partition coefficient (Wildman–Crippen LogP) is 2.85. The van der Waals surface area contributed by atoms with Crippen molar-refractivity contribution in [2.75, 3.05) is 6.54 Å². The van der Waals surface area contributed by atoms with Gasteiger partial charge in [-0.1, -0.05) is 25.4 Å². The average Bonchev–Trinajstić information content (AvgIpc) is 2.39. The van der Waals surface area contributed by atoms with E-state index < -0.39 is 5.54 Å². The summed E-state index contributed by atoms with van der Waals surface area (Å²) in [5.41, 5.74) is 4.83. The van der Waals surface area contributed by atoms with Gasteiger partial charge in [0.25, 0.3) is 0 Å². The first-order chi connectivity index (χ1) is 9.39. The summed E-state index contributed by atoms with van der Waals surface area (Å²) in [6.07, 6.45) is 3.29. The maximum Gasteiger partial charge on any atom is 0.237 e. The van der Waals surface area contributed by atoms with Gasteiger partial charge in [-0.05, 0) is 38.4 Å². The van der Waals surface area contributed by atoms with Crippen molar-refractivity contribution in [3.05, 3.63) is 23.4 Å². The highest BCUT2D eigenvalue weighted by molar-refractivity contribution is 7.99. The van der Waals surface area contributed by atoms with Crippen LogP contribution in [-0.2, 0) is 4.79 Å². The number of hydrogen-bond donors (Lipinski definition) is 2. The highest BCUT2D eigenvalue weighted by Crippen LogP contribution is 2.31. The molecular formula is C14H22ClN3OS. The van der Waals surface area contributed by atoms with E-state index in [1.54, 1.807) is 24.0 Å². The summed E-state index contributed by atoms with van der Waals surface area (Å²) in [5.74, 6) is -0.328. The van der Waals surface area contributed by atoms with Crippen molar-refractivity contribution in [2.24, 2.45) is 5.73 Å². The van der Waals surface area contributed by atoms with Gasteiger partial charge in [-0.15, -0.1) is 11.8 Å². The Kier molecular flexibility index (Phi) is 6.79. The number of primary amides is 1. The lowest BCUT2D eigenvalue weighted by Gasteiger charge is -2.30. The summed E-state index contributed by atoms with van der Waals surface area (Å²) < 4.78 is 0. The summed E-state index contributed by atoms with van der Waals surface area (Å²) in [7, 11) is 0. The molecule has 0 saturated carbocycles. The second kappa shape index (κ2) is 7.86. The van der Waals surface area contributed by atoms with E-state index in [1.165, 1.54) is 0 Å². The number of thioether (sulfide) groups is 1. The summed E-state index contributed by atoms with van der Waals surface area (Å²) in [5, 5.41) is 4.82. The molecule has 0 aromatic carbocycles. The fraction of sp³-hybridized carbons (Fsp3) is 0.571. The molecule has 20 heavy (non-hydrogen) atoms. The molecule has 1 heterocycles. The van der Waals surface area contributed by atoms with E-state index in [9.17, 15) is 4.79 Å². The fourth-order valence-corrected chi connectivity index (χ4v) is 3.28. The van der Waals surface area contributed by atoms with Gasteiger partial charge in [0, 0.05) is 11.4 Å². The minimum absolute atomic E-state index is 0.171. The zero-order chi connectivity index (χ0) is 15.2. The van der Waals surface area contributed by atoms with Crippen LogP contribution in [0.15, 0.2) is 23.4 Å². The van der Waals surface area contributed by atoms with Crippen LogP contribution in [0.1, 0.15) is 33.6 Å². The number of amides is 1. The molecule has 0 saturated heterocycles. The van der Waals surface area contributed by atoms with E-state index in [0.717, 1.165) is 18.0 Å². The highest BCUT2D eigenvalue weighted by atomic mass is 35.5. The number of nitrogens with one attached hydrogen (secondary N) is 1. The van der Waals surface area contributed by atoms with Crippen molar-refractivity contribution < 1.29 is 4.79 Å². The third-order valence-electron chi connectivity index (χ3n) is 3.04. The van der Waals surface area contributed by atoms with Crippen LogP contribution in [-0.4, -0.2) is 28.2 Å². The molecule has 1 amide bonds. The van der Waals surface area contributed by atoms with Gasteiger partial charge in [0.05, 0.1) is 10.6 Å². The number of nitrogens with zero attached hydrogens (tertiary/aromatic N) is 1. The van der Waals surface area contributed by atoms with E-state index >= 15 is 0 Å². The number of carbonyl (C=O) groups excluding carboxylic acids is 1. The van der Waals surface area contributed by atoms with Crippen molar-refractivity contribution in [3.63, 3.8) is 0 Å². The van der Waals surface area contributed by atoms with Crippen LogP contribution in [0.2, 0.25) is 5.02 Å². The van der Waals surface area contributed by atoms with Crippen LogP contribution in [0.3, 0.4) is 0 Å². The van der Waals surface area contributed by atoms with Crippen molar-refractivity contribution in [2.45, 2.75) is 49.4 Å². The normalized spacial score (nSPS) is 15.6. The standard InChI is InChI=1S/C14H22ClN3OS/c1-4-7-18-14(3,13(16)19)9-10(2)20-12-11(15)6-5-8-17-12/h5-6,8,10,18H,4,7,9H2,1-3H3,(H2,16,19). The van der Waals surface area contributed by atoms with E-state index in [0.29, 0.717) is 11.4 Å². The predicted molar refractivity (Wildman–Crippen MR) is 85.1 cm³/mol. The molecule has 2 unspecified atom stereocenters. The van der Waals surface area contributed by atoms with Crippen LogP contribution in [0.25, 0.3) is 0 Å². The highest BCUT2D eigenvalue weighted by Gasteiger charge is 2.32. The van der Waals surface area contributed by atoms with Crippen molar-refractivity contribution in [3.8, 4) is 0 Å². The molecule has 0 aliphatic rings. The number of aromatic nitrogens is 1. The average molecular weight is 316 g/mol. The van der Waals surface area contributed by atoms with E-state index in [-0.39, 0.29) is 11.2 Å². The second-order valence-electron chi connectivity index (χ2n) is 5.05. The lowest BCUT2D eigenvalue weighted by Crippen LogP contribution is -2.54. The summed E-state index contributed by atoms with van der Waals surface area (Å²) >= 11 is 7.65. The number of hydrogen-bond acceptors (Lipinski definition) is 4. The summed E-state index contributed by atoms with van der Waals surface area (Å²) in [6, 6.07) is 3.61. The first kappa shape index (κ1) is 17.3. The Morgan fingerprint density at radius 3 is 2.90 bits per heavy atom. The first-order valence-electron chi connectivity index (χ1n) is 6.71. The lowest BCUT2D eigenvalue weighted by atomic mass is 9.95. The minimum Gasteiger partial charge on any atom is -0.368 e. The molecule has 0 bridgehead atoms. The molecule has 1 rings (SSSR count). The van der Waals surface area contributed by atoms with E-state index in [4.69, 9.17) is 17.3 Å². The molecule has 4 nitrogen and oxygen atoms in total. The molecule has 6 heteroatoms. The van der Waals surface area contributed by atoms with Crippen LogP contribution in [0, 0.1) is 0 Å². The number of rotatable bonds is 8. The zero-order valence-electron chi connectivity index (χ0n) is 12.1. The number of pyridine rings is 1. The molecule has 2 atom stereocenters. The van der Waals surface area contributed by atoms with Crippen LogP contribution < -0.4 is 11.1 Å². The van der Waals surface area contributed by atoms with E-state index in [2.05, 4.69) is 17.2 Å². The Bertz CT molecular complexity index is 458. The number of nitrogens with two attached hydrogens (primary N) is 1. The third-order valence-corrected chi connectivity index (χ3v) is 4.58. The Morgan fingerprint density at radius 1 is 1.65 bits per heavy atom.